The van der Waals surface area contributed by atoms with Crippen LogP contribution in [0.25, 0.3) is 0 Å². The number of hydrogen-bond acceptors (Lipinski definition) is 6. The van der Waals surface area contributed by atoms with Gasteiger partial charge in [0.05, 0.1) is 37.6 Å². The summed E-state index contributed by atoms with van der Waals surface area (Å²) in [6.45, 7) is 8.46. The monoisotopic (exact) mass is 562 g/mol. The van der Waals surface area contributed by atoms with Gasteiger partial charge in [0.1, 0.15) is 0 Å². The van der Waals surface area contributed by atoms with Crippen molar-refractivity contribution in [2.45, 2.75) is 84.0 Å². The van der Waals surface area contributed by atoms with Crippen molar-refractivity contribution in [2.24, 2.45) is 17.8 Å². The maximum atomic E-state index is 12.0. The van der Waals surface area contributed by atoms with E-state index in [2.05, 4.69) is 38.3 Å². The Morgan fingerprint density at radius 1 is 0.923 bits per heavy atom. The highest BCUT2D eigenvalue weighted by atomic mass is 35.5. The van der Waals surface area contributed by atoms with Crippen molar-refractivity contribution in [3.63, 3.8) is 0 Å². The van der Waals surface area contributed by atoms with Gasteiger partial charge in [-0.25, -0.2) is 9.59 Å². The summed E-state index contributed by atoms with van der Waals surface area (Å²) in [6, 6.07) is 6.55. The molecule has 1 aliphatic carbocycles. The van der Waals surface area contributed by atoms with Gasteiger partial charge in [-0.15, -0.1) is 0 Å². The van der Waals surface area contributed by atoms with Gasteiger partial charge in [0, 0.05) is 10.9 Å². The SMILES string of the molecule is C=C(CO)C(=O)OCC(COC(=O)C(=C)CO)C1CCC(CCc2ccc(CCCCCCC)c(Cl)c2)CC1. The van der Waals surface area contributed by atoms with Gasteiger partial charge in [-0.2, -0.15) is 0 Å². The van der Waals surface area contributed by atoms with E-state index in [0.717, 1.165) is 50.0 Å². The predicted molar refractivity (Wildman–Crippen MR) is 156 cm³/mol. The summed E-state index contributed by atoms with van der Waals surface area (Å²) in [5.41, 5.74) is 2.50. The first kappa shape index (κ1) is 33.1. The molecule has 0 aromatic heterocycles. The summed E-state index contributed by atoms with van der Waals surface area (Å²) in [6.07, 6.45) is 13.4. The molecule has 7 heteroatoms. The molecular weight excluding hydrogens is 516 g/mol. The Bertz CT molecular complexity index is 903. The quantitative estimate of drug-likeness (QED) is 0.122. The summed E-state index contributed by atoms with van der Waals surface area (Å²) in [5.74, 6) is -0.637. The fourth-order valence-corrected chi connectivity index (χ4v) is 5.50. The number of unbranched alkanes of at least 4 members (excludes halogenated alkanes) is 4. The van der Waals surface area contributed by atoms with Crippen LogP contribution in [0.1, 0.15) is 82.3 Å². The van der Waals surface area contributed by atoms with Crippen molar-refractivity contribution < 1.29 is 29.3 Å². The molecule has 1 saturated carbocycles. The number of rotatable bonds is 18. The highest BCUT2D eigenvalue weighted by Crippen LogP contribution is 2.36. The summed E-state index contributed by atoms with van der Waals surface area (Å²) >= 11 is 6.60. The molecule has 0 aliphatic heterocycles. The Hall–Kier alpha value is -2.15. The van der Waals surface area contributed by atoms with Gasteiger partial charge < -0.3 is 19.7 Å². The summed E-state index contributed by atoms with van der Waals surface area (Å²) < 4.78 is 10.7. The minimum absolute atomic E-state index is 0.0109. The first-order valence-corrected chi connectivity index (χ1v) is 14.9. The number of aryl methyl sites for hydroxylation is 2. The standard InChI is InChI=1S/C32H47ClO6/c1-4-5-6-7-8-9-28-17-14-26(18-30(28)33)11-10-25-12-15-27(16-13-25)29(21-38-31(36)23(2)19-34)22-39-32(37)24(3)20-35/h14,17-18,25,27,29,34-35H,2-13,15-16,19-22H2,1H3. The van der Waals surface area contributed by atoms with Crippen LogP contribution < -0.4 is 0 Å². The maximum absolute atomic E-state index is 12.0. The first-order valence-electron chi connectivity index (χ1n) is 14.5. The van der Waals surface area contributed by atoms with E-state index >= 15 is 0 Å². The summed E-state index contributed by atoms with van der Waals surface area (Å²) in [7, 11) is 0. The van der Waals surface area contributed by atoms with Crippen molar-refractivity contribution in [3.8, 4) is 0 Å². The third kappa shape index (κ3) is 11.9. The van der Waals surface area contributed by atoms with E-state index in [0.29, 0.717) is 5.92 Å². The van der Waals surface area contributed by atoms with Gasteiger partial charge in [-0.3, -0.25) is 0 Å². The summed E-state index contributed by atoms with van der Waals surface area (Å²) in [4.78, 5) is 24.0. The average molecular weight is 563 g/mol. The van der Waals surface area contributed by atoms with Crippen LogP contribution in [0.2, 0.25) is 5.02 Å². The Labute approximate surface area is 239 Å². The Morgan fingerprint density at radius 2 is 1.51 bits per heavy atom. The number of carbonyl (C=O) groups is 2. The molecule has 1 aromatic carbocycles. The van der Waals surface area contributed by atoms with Gasteiger partial charge in [0.25, 0.3) is 0 Å². The molecule has 0 atom stereocenters. The average Bonchev–Trinajstić information content (AvgIpc) is 2.95. The van der Waals surface area contributed by atoms with Gasteiger partial charge in [-0.1, -0.05) is 82.3 Å². The van der Waals surface area contributed by atoms with Crippen LogP contribution in [0, 0.1) is 17.8 Å². The molecule has 0 amide bonds. The van der Waals surface area contributed by atoms with Crippen LogP contribution in [0.5, 0.6) is 0 Å². The number of esters is 2. The van der Waals surface area contributed by atoms with E-state index in [-0.39, 0.29) is 36.2 Å². The first-order chi connectivity index (χ1) is 18.8. The number of ether oxygens (including phenoxy) is 2. The molecule has 2 N–H and O–H groups in total. The van der Waals surface area contributed by atoms with Gasteiger partial charge >= 0.3 is 11.9 Å². The zero-order valence-corrected chi connectivity index (χ0v) is 24.4. The number of carbonyl (C=O) groups excluding carboxylic acids is 2. The molecule has 0 spiro atoms. The molecule has 218 valence electrons. The topological polar surface area (TPSA) is 93.1 Å². The van der Waals surface area contributed by atoms with Crippen LogP contribution in [-0.4, -0.2) is 48.6 Å². The molecule has 0 unspecified atom stereocenters. The van der Waals surface area contributed by atoms with Crippen molar-refractivity contribution in [1.29, 1.82) is 0 Å². The van der Waals surface area contributed by atoms with Crippen LogP contribution in [0.3, 0.4) is 0 Å². The molecule has 2 rings (SSSR count). The van der Waals surface area contributed by atoms with E-state index in [4.69, 9.17) is 31.3 Å². The van der Waals surface area contributed by atoms with E-state index in [1.54, 1.807) is 0 Å². The lowest BCUT2D eigenvalue weighted by Crippen LogP contribution is -2.31. The van der Waals surface area contributed by atoms with Crippen LogP contribution in [-0.2, 0) is 31.9 Å². The van der Waals surface area contributed by atoms with Crippen LogP contribution in [0.4, 0.5) is 0 Å². The Balaban J connectivity index is 1.84. The molecule has 0 bridgehead atoms. The number of hydrogen-bond donors (Lipinski definition) is 2. The fraction of sp³-hybridized carbons (Fsp3) is 0.625. The molecule has 39 heavy (non-hydrogen) atoms. The smallest absolute Gasteiger partial charge is 0.335 e. The third-order valence-corrected chi connectivity index (χ3v) is 8.23. The molecule has 1 aromatic rings. The minimum atomic E-state index is -0.650. The molecule has 6 nitrogen and oxygen atoms in total. The lowest BCUT2D eigenvalue weighted by Gasteiger charge is -2.33. The van der Waals surface area contributed by atoms with Gasteiger partial charge in [-0.05, 0) is 67.6 Å². The highest BCUT2D eigenvalue weighted by molar-refractivity contribution is 6.31. The molecular formula is C32H47ClO6. The second kappa shape index (κ2) is 18.2. The molecule has 1 aliphatic rings. The lowest BCUT2D eigenvalue weighted by molar-refractivity contribution is -0.146. The molecule has 0 radical (unpaired) electrons. The van der Waals surface area contributed by atoms with Crippen molar-refractivity contribution in [3.05, 3.63) is 58.7 Å². The minimum Gasteiger partial charge on any atom is -0.462 e. The molecule has 0 saturated heterocycles. The predicted octanol–water partition coefficient (Wildman–Crippen LogP) is 6.39. The van der Waals surface area contributed by atoms with E-state index in [1.165, 1.54) is 43.2 Å². The van der Waals surface area contributed by atoms with E-state index in [9.17, 15) is 9.59 Å². The van der Waals surface area contributed by atoms with E-state index in [1.807, 2.05) is 0 Å². The van der Waals surface area contributed by atoms with Gasteiger partial charge in [0.2, 0.25) is 0 Å². The molecule has 0 heterocycles. The van der Waals surface area contributed by atoms with Gasteiger partial charge in [0.15, 0.2) is 0 Å². The third-order valence-electron chi connectivity index (χ3n) is 7.88. The van der Waals surface area contributed by atoms with Crippen molar-refractivity contribution in [1.82, 2.24) is 0 Å². The Kier molecular flexibility index (Phi) is 15.5. The number of halogens is 1. The largest absolute Gasteiger partial charge is 0.462 e. The maximum Gasteiger partial charge on any atom is 0.335 e. The highest BCUT2D eigenvalue weighted by Gasteiger charge is 2.30. The Morgan fingerprint density at radius 3 is 2.05 bits per heavy atom. The van der Waals surface area contributed by atoms with Crippen molar-refractivity contribution >= 4 is 23.5 Å². The van der Waals surface area contributed by atoms with Crippen molar-refractivity contribution in [2.75, 3.05) is 26.4 Å². The van der Waals surface area contributed by atoms with E-state index < -0.39 is 25.2 Å². The molecule has 1 fully saturated rings. The lowest BCUT2D eigenvalue weighted by atomic mass is 9.74. The number of aliphatic hydroxyl groups excluding tert-OH is 2. The summed E-state index contributed by atoms with van der Waals surface area (Å²) in [5, 5.41) is 19.1. The number of benzene rings is 1. The zero-order valence-electron chi connectivity index (χ0n) is 23.6. The zero-order chi connectivity index (χ0) is 28.6. The van der Waals surface area contributed by atoms with Crippen LogP contribution in [0.15, 0.2) is 42.5 Å². The normalized spacial score (nSPS) is 17.2. The van der Waals surface area contributed by atoms with Crippen LogP contribution >= 0.6 is 11.6 Å². The fourth-order valence-electron chi connectivity index (χ4n) is 5.21. The number of aliphatic hydroxyl groups is 2. The second-order valence-corrected chi connectivity index (χ2v) is 11.3. The second-order valence-electron chi connectivity index (χ2n) is 10.9.